The zero-order valence-corrected chi connectivity index (χ0v) is 14.3. The number of fused-ring (bicyclic) bond motifs is 1. The predicted octanol–water partition coefficient (Wildman–Crippen LogP) is 0.916. The van der Waals surface area contributed by atoms with Crippen molar-refractivity contribution in [2.75, 3.05) is 39.9 Å². The predicted molar refractivity (Wildman–Crippen MR) is 89.4 cm³/mol. The van der Waals surface area contributed by atoms with Gasteiger partial charge in [-0.15, -0.1) is 0 Å². The van der Waals surface area contributed by atoms with Gasteiger partial charge < -0.3 is 19.3 Å². The average molecular weight is 361 g/mol. The van der Waals surface area contributed by atoms with Gasteiger partial charge in [-0.25, -0.2) is 0 Å². The van der Waals surface area contributed by atoms with Crippen molar-refractivity contribution < 1.29 is 18.9 Å². The number of nitro groups is 1. The van der Waals surface area contributed by atoms with Crippen molar-refractivity contribution in [2.45, 2.75) is 12.5 Å². The molecule has 10 nitrogen and oxygen atoms in total. The molecular formula is C16H19N5O5. The molecule has 26 heavy (non-hydrogen) atoms. The molecule has 10 heteroatoms. The SMILES string of the molecule is CN1CCNCC1c1noc(Cc2cc3c(cc2[N+](=O)[O-])OCCO3)n1. The summed E-state index contributed by atoms with van der Waals surface area (Å²) in [5, 5.41) is 18.8. The number of likely N-dealkylation sites (N-methyl/N-ethyl adjacent to an activating group) is 1. The monoisotopic (exact) mass is 361 g/mol. The van der Waals surface area contributed by atoms with Crippen molar-refractivity contribution in [3.63, 3.8) is 0 Å². The third-order valence-corrected chi connectivity index (χ3v) is 4.57. The van der Waals surface area contributed by atoms with Gasteiger partial charge in [-0.2, -0.15) is 4.98 Å². The highest BCUT2D eigenvalue weighted by Gasteiger charge is 2.27. The second-order valence-corrected chi connectivity index (χ2v) is 6.31. The first-order valence-electron chi connectivity index (χ1n) is 8.42. The van der Waals surface area contributed by atoms with Crippen LogP contribution in [0.5, 0.6) is 11.5 Å². The maximum Gasteiger partial charge on any atom is 0.277 e. The third kappa shape index (κ3) is 3.20. The maximum absolute atomic E-state index is 11.4. The fourth-order valence-corrected chi connectivity index (χ4v) is 3.16. The smallest absolute Gasteiger partial charge is 0.277 e. The number of aromatic nitrogens is 2. The molecule has 0 aliphatic carbocycles. The summed E-state index contributed by atoms with van der Waals surface area (Å²) in [4.78, 5) is 17.6. The highest BCUT2D eigenvalue weighted by molar-refractivity contribution is 5.55. The van der Waals surface area contributed by atoms with Crippen LogP contribution in [0.15, 0.2) is 16.7 Å². The van der Waals surface area contributed by atoms with Crippen LogP contribution in [-0.2, 0) is 6.42 Å². The molecule has 0 bridgehead atoms. The molecule has 2 aliphatic rings. The molecule has 1 aromatic carbocycles. The van der Waals surface area contributed by atoms with E-state index in [1.165, 1.54) is 6.07 Å². The van der Waals surface area contributed by atoms with E-state index in [2.05, 4.69) is 20.4 Å². The van der Waals surface area contributed by atoms with Crippen molar-refractivity contribution in [1.82, 2.24) is 20.4 Å². The number of nitrogens with zero attached hydrogens (tertiary/aromatic N) is 4. The van der Waals surface area contributed by atoms with Crippen molar-refractivity contribution in [2.24, 2.45) is 0 Å². The minimum absolute atomic E-state index is 0.0245. The van der Waals surface area contributed by atoms with Crippen molar-refractivity contribution in [3.05, 3.63) is 39.5 Å². The van der Waals surface area contributed by atoms with Crippen LogP contribution in [-0.4, -0.2) is 59.9 Å². The van der Waals surface area contributed by atoms with E-state index < -0.39 is 4.92 Å². The molecule has 0 radical (unpaired) electrons. The molecule has 1 saturated heterocycles. The Morgan fingerprint density at radius 2 is 2.12 bits per heavy atom. The molecule has 1 atom stereocenters. The molecule has 4 rings (SSSR count). The number of nitro benzene ring substituents is 1. The summed E-state index contributed by atoms with van der Waals surface area (Å²) < 4.78 is 16.3. The van der Waals surface area contributed by atoms with Gasteiger partial charge in [0, 0.05) is 25.2 Å². The molecule has 3 heterocycles. The number of hydrogen-bond donors (Lipinski definition) is 1. The second kappa shape index (κ2) is 6.89. The van der Waals surface area contributed by atoms with Gasteiger partial charge in [0.25, 0.3) is 5.69 Å². The van der Waals surface area contributed by atoms with E-state index >= 15 is 0 Å². The number of ether oxygens (including phenoxy) is 2. The van der Waals surface area contributed by atoms with E-state index in [-0.39, 0.29) is 18.2 Å². The van der Waals surface area contributed by atoms with Crippen molar-refractivity contribution >= 4 is 5.69 Å². The van der Waals surface area contributed by atoms with E-state index in [0.29, 0.717) is 42.0 Å². The lowest BCUT2D eigenvalue weighted by Crippen LogP contribution is -2.44. The first-order valence-corrected chi connectivity index (χ1v) is 8.42. The fourth-order valence-electron chi connectivity index (χ4n) is 3.16. The average Bonchev–Trinajstić information content (AvgIpc) is 3.09. The maximum atomic E-state index is 11.4. The first kappa shape index (κ1) is 16.7. The summed E-state index contributed by atoms with van der Waals surface area (Å²) in [7, 11) is 2.01. The number of rotatable bonds is 4. The molecule has 1 N–H and O–H groups in total. The Kier molecular flexibility index (Phi) is 4.43. The van der Waals surface area contributed by atoms with Crippen LogP contribution in [0.25, 0.3) is 0 Å². The van der Waals surface area contributed by atoms with Gasteiger partial charge in [-0.1, -0.05) is 5.16 Å². The lowest BCUT2D eigenvalue weighted by Gasteiger charge is -2.30. The molecule has 2 aromatic rings. The Balaban J connectivity index is 1.60. The van der Waals surface area contributed by atoms with Crippen LogP contribution in [0.2, 0.25) is 0 Å². The summed E-state index contributed by atoms with van der Waals surface area (Å²) >= 11 is 0. The molecule has 0 amide bonds. The zero-order valence-electron chi connectivity index (χ0n) is 14.3. The van der Waals surface area contributed by atoms with E-state index in [4.69, 9.17) is 14.0 Å². The van der Waals surface area contributed by atoms with Gasteiger partial charge in [-0.3, -0.25) is 15.0 Å². The topological polar surface area (TPSA) is 116 Å². The Hall–Kier alpha value is -2.72. The Morgan fingerprint density at radius 3 is 2.85 bits per heavy atom. The molecule has 2 aliphatic heterocycles. The summed E-state index contributed by atoms with van der Waals surface area (Å²) in [6.07, 6.45) is 0.157. The molecule has 1 aromatic heterocycles. The van der Waals surface area contributed by atoms with Gasteiger partial charge in [0.05, 0.1) is 23.5 Å². The number of nitrogens with one attached hydrogen (secondary N) is 1. The summed E-state index contributed by atoms with van der Waals surface area (Å²) in [5.74, 6) is 1.79. The largest absolute Gasteiger partial charge is 0.486 e. The van der Waals surface area contributed by atoms with Gasteiger partial charge in [-0.05, 0) is 13.1 Å². The molecular weight excluding hydrogens is 342 g/mol. The number of hydrogen-bond acceptors (Lipinski definition) is 9. The summed E-state index contributed by atoms with van der Waals surface area (Å²) in [6, 6.07) is 3.03. The van der Waals surface area contributed by atoms with Crippen LogP contribution in [0.4, 0.5) is 5.69 Å². The van der Waals surface area contributed by atoms with E-state index in [1.807, 2.05) is 7.05 Å². The van der Waals surface area contributed by atoms with Crippen molar-refractivity contribution in [1.29, 1.82) is 0 Å². The normalized spacial score (nSPS) is 20.1. The third-order valence-electron chi connectivity index (χ3n) is 4.57. The summed E-state index contributed by atoms with van der Waals surface area (Å²) in [5.41, 5.74) is 0.398. The van der Waals surface area contributed by atoms with Gasteiger partial charge in [0.1, 0.15) is 13.2 Å². The zero-order chi connectivity index (χ0) is 18.1. The van der Waals surface area contributed by atoms with Crippen molar-refractivity contribution in [3.8, 4) is 11.5 Å². The minimum atomic E-state index is -0.441. The Bertz CT molecular complexity index is 823. The van der Waals surface area contributed by atoms with E-state index in [9.17, 15) is 10.1 Å². The fraction of sp³-hybridized carbons (Fsp3) is 0.500. The van der Waals surface area contributed by atoms with E-state index in [0.717, 1.165) is 19.6 Å². The lowest BCUT2D eigenvalue weighted by molar-refractivity contribution is -0.385. The van der Waals surface area contributed by atoms with E-state index in [1.54, 1.807) is 6.07 Å². The second-order valence-electron chi connectivity index (χ2n) is 6.31. The molecule has 0 spiro atoms. The van der Waals surface area contributed by atoms with Crippen LogP contribution in [0, 0.1) is 10.1 Å². The minimum Gasteiger partial charge on any atom is -0.486 e. The van der Waals surface area contributed by atoms with Crippen LogP contribution >= 0.6 is 0 Å². The van der Waals surface area contributed by atoms with Gasteiger partial charge >= 0.3 is 0 Å². The molecule has 1 unspecified atom stereocenters. The number of piperazine rings is 1. The highest BCUT2D eigenvalue weighted by atomic mass is 16.6. The quantitative estimate of drug-likeness (QED) is 0.626. The molecule has 0 saturated carbocycles. The Labute approximate surface area is 149 Å². The van der Waals surface area contributed by atoms with Crippen LogP contribution < -0.4 is 14.8 Å². The Morgan fingerprint density at radius 1 is 1.35 bits per heavy atom. The molecule has 138 valence electrons. The highest BCUT2D eigenvalue weighted by Crippen LogP contribution is 2.37. The first-order chi connectivity index (χ1) is 12.6. The van der Waals surface area contributed by atoms with Crippen LogP contribution in [0.1, 0.15) is 23.3 Å². The molecule has 1 fully saturated rings. The van der Waals surface area contributed by atoms with Gasteiger partial charge in [0.15, 0.2) is 17.3 Å². The lowest BCUT2D eigenvalue weighted by atomic mass is 10.1. The van der Waals surface area contributed by atoms with Crippen LogP contribution in [0.3, 0.4) is 0 Å². The summed E-state index contributed by atoms with van der Waals surface area (Å²) in [6.45, 7) is 3.33. The van der Waals surface area contributed by atoms with Gasteiger partial charge in [0.2, 0.25) is 5.89 Å². The number of benzene rings is 1. The standard InChI is InChI=1S/C16H19N5O5/c1-20-3-2-17-9-12(20)16-18-15(26-19-16)7-10-6-13-14(25-5-4-24-13)8-11(10)21(22)23/h6,8,12,17H,2-5,7,9H2,1H3.